The summed E-state index contributed by atoms with van der Waals surface area (Å²) in [5.74, 6) is 2.91. The Balaban J connectivity index is 1.33. The number of para-hydroxylation sites is 1. The van der Waals surface area contributed by atoms with Gasteiger partial charge in [-0.1, -0.05) is 18.2 Å². The lowest BCUT2D eigenvalue weighted by atomic mass is 9.99. The molecule has 0 fully saturated rings. The molecular weight excluding hydrogens is 262 g/mol. The van der Waals surface area contributed by atoms with E-state index in [1.807, 2.05) is 24.4 Å². The molecule has 108 valence electrons. The number of fused-ring (bicyclic) bond motifs is 2. The van der Waals surface area contributed by atoms with Gasteiger partial charge in [-0.05, 0) is 24.5 Å². The molecule has 0 aliphatic carbocycles. The molecule has 1 unspecified atom stereocenters. The monoisotopic (exact) mass is 281 g/mol. The molecule has 0 saturated heterocycles. The lowest BCUT2D eigenvalue weighted by Gasteiger charge is -2.23. The Hall–Kier alpha value is -2.07. The lowest BCUT2D eigenvalue weighted by molar-refractivity contribution is 0.342. The van der Waals surface area contributed by atoms with E-state index in [0.717, 1.165) is 37.4 Å². The van der Waals surface area contributed by atoms with Crippen molar-refractivity contribution in [1.82, 2.24) is 14.9 Å². The van der Waals surface area contributed by atoms with Crippen LogP contribution in [0.2, 0.25) is 0 Å². The number of furan rings is 1. The SMILES string of the molecule is c1ccc2oc(CNCC3CCc4nccn4C3)cc2c1. The Bertz CT molecular complexity index is 710. The van der Waals surface area contributed by atoms with E-state index in [4.69, 9.17) is 4.42 Å². The first-order chi connectivity index (χ1) is 10.4. The average molecular weight is 281 g/mol. The molecule has 0 amide bonds. The summed E-state index contributed by atoms with van der Waals surface area (Å²) in [7, 11) is 0. The Kier molecular flexibility index (Phi) is 3.24. The Morgan fingerprint density at radius 2 is 2.29 bits per heavy atom. The van der Waals surface area contributed by atoms with Gasteiger partial charge in [0.2, 0.25) is 0 Å². The molecule has 0 bridgehead atoms. The largest absolute Gasteiger partial charge is 0.460 e. The fourth-order valence-electron chi connectivity index (χ4n) is 3.13. The summed E-state index contributed by atoms with van der Waals surface area (Å²) in [6.07, 6.45) is 6.29. The van der Waals surface area contributed by atoms with Gasteiger partial charge in [-0.15, -0.1) is 0 Å². The van der Waals surface area contributed by atoms with E-state index < -0.39 is 0 Å². The van der Waals surface area contributed by atoms with Gasteiger partial charge in [0.1, 0.15) is 17.2 Å². The van der Waals surface area contributed by atoms with Gasteiger partial charge in [-0.3, -0.25) is 0 Å². The molecule has 4 nitrogen and oxygen atoms in total. The summed E-state index contributed by atoms with van der Waals surface area (Å²) < 4.78 is 8.10. The van der Waals surface area contributed by atoms with Crippen LogP contribution in [0.15, 0.2) is 47.1 Å². The molecule has 1 N–H and O–H groups in total. The molecule has 1 atom stereocenters. The van der Waals surface area contributed by atoms with Crippen LogP contribution in [-0.4, -0.2) is 16.1 Å². The van der Waals surface area contributed by atoms with Crippen molar-refractivity contribution in [1.29, 1.82) is 0 Å². The van der Waals surface area contributed by atoms with Gasteiger partial charge in [0.15, 0.2) is 0 Å². The summed E-state index contributed by atoms with van der Waals surface area (Å²) >= 11 is 0. The number of aromatic nitrogens is 2. The molecule has 3 heterocycles. The maximum Gasteiger partial charge on any atom is 0.134 e. The van der Waals surface area contributed by atoms with Crippen molar-refractivity contribution in [3.05, 3.63) is 54.3 Å². The van der Waals surface area contributed by atoms with Crippen LogP contribution < -0.4 is 5.32 Å². The molecule has 4 rings (SSSR count). The number of hydrogen-bond acceptors (Lipinski definition) is 3. The third kappa shape index (κ3) is 2.59. The second-order valence-corrected chi connectivity index (χ2v) is 5.78. The van der Waals surface area contributed by atoms with Gasteiger partial charge >= 0.3 is 0 Å². The highest BCUT2D eigenvalue weighted by molar-refractivity contribution is 5.77. The third-order valence-electron chi connectivity index (χ3n) is 4.24. The summed E-state index contributed by atoms with van der Waals surface area (Å²) in [6.45, 7) is 2.89. The molecule has 0 saturated carbocycles. The predicted octanol–water partition coefficient (Wildman–Crippen LogP) is 2.98. The van der Waals surface area contributed by atoms with Crippen LogP contribution in [0.25, 0.3) is 11.0 Å². The topological polar surface area (TPSA) is 43.0 Å². The molecule has 0 radical (unpaired) electrons. The van der Waals surface area contributed by atoms with Gasteiger partial charge in [0.05, 0.1) is 6.54 Å². The summed E-state index contributed by atoms with van der Waals surface area (Å²) in [6, 6.07) is 10.3. The maximum absolute atomic E-state index is 5.82. The van der Waals surface area contributed by atoms with Crippen molar-refractivity contribution in [2.45, 2.75) is 25.9 Å². The van der Waals surface area contributed by atoms with Crippen molar-refractivity contribution in [3.63, 3.8) is 0 Å². The maximum atomic E-state index is 5.82. The predicted molar refractivity (Wildman–Crippen MR) is 82.0 cm³/mol. The van der Waals surface area contributed by atoms with E-state index in [9.17, 15) is 0 Å². The Morgan fingerprint density at radius 1 is 1.33 bits per heavy atom. The number of nitrogens with one attached hydrogen (secondary N) is 1. The number of hydrogen-bond donors (Lipinski definition) is 1. The minimum absolute atomic E-state index is 0.677. The van der Waals surface area contributed by atoms with Crippen LogP contribution in [-0.2, 0) is 19.5 Å². The van der Waals surface area contributed by atoms with E-state index in [1.165, 1.54) is 17.6 Å². The molecule has 1 aromatic carbocycles. The standard InChI is InChI=1S/C17H19N3O/c1-2-4-16-14(3-1)9-15(21-16)11-18-10-13-5-6-17-19-7-8-20(17)12-13/h1-4,7-9,13,18H,5-6,10-12H2. The Labute approximate surface area is 123 Å². The van der Waals surface area contributed by atoms with E-state index in [0.29, 0.717) is 5.92 Å². The molecule has 4 heteroatoms. The normalized spacial score (nSPS) is 18.0. The van der Waals surface area contributed by atoms with E-state index in [2.05, 4.69) is 33.2 Å². The molecule has 2 aromatic heterocycles. The number of nitrogens with zero attached hydrogens (tertiary/aromatic N) is 2. The highest BCUT2D eigenvalue weighted by atomic mass is 16.3. The van der Waals surface area contributed by atoms with Gasteiger partial charge in [-0.2, -0.15) is 0 Å². The van der Waals surface area contributed by atoms with Crippen LogP contribution in [0.3, 0.4) is 0 Å². The van der Waals surface area contributed by atoms with E-state index in [1.54, 1.807) is 0 Å². The minimum atomic E-state index is 0.677. The van der Waals surface area contributed by atoms with Crippen molar-refractivity contribution in [3.8, 4) is 0 Å². The van der Waals surface area contributed by atoms with Crippen molar-refractivity contribution < 1.29 is 4.42 Å². The van der Waals surface area contributed by atoms with Crippen LogP contribution in [0.5, 0.6) is 0 Å². The van der Waals surface area contributed by atoms with Gasteiger partial charge in [0.25, 0.3) is 0 Å². The first-order valence-corrected chi connectivity index (χ1v) is 7.57. The molecule has 3 aromatic rings. The number of benzene rings is 1. The number of aryl methyl sites for hydroxylation is 1. The third-order valence-corrected chi connectivity index (χ3v) is 4.24. The fourth-order valence-corrected chi connectivity index (χ4v) is 3.13. The molecule has 21 heavy (non-hydrogen) atoms. The average Bonchev–Trinajstić information content (AvgIpc) is 3.12. The highest BCUT2D eigenvalue weighted by Crippen LogP contribution is 2.20. The van der Waals surface area contributed by atoms with Gasteiger partial charge < -0.3 is 14.3 Å². The van der Waals surface area contributed by atoms with Crippen molar-refractivity contribution >= 4 is 11.0 Å². The van der Waals surface area contributed by atoms with Crippen LogP contribution >= 0.6 is 0 Å². The number of rotatable bonds is 4. The molecular formula is C17H19N3O. The zero-order chi connectivity index (χ0) is 14.1. The second kappa shape index (κ2) is 5.37. The zero-order valence-electron chi connectivity index (χ0n) is 12.0. The summed E-state index contributed by atoms with van der Waals surface area (Å²) in [5.41, 5.74) is 0.968. The van der Waals surface area contributed by atoms with E-state index >= 15 is 0 Å². The van der Waals surface area contributed by atoms with Gasteiger partial charge in [0, 0.05) is 37.3 Å². The van der Waals surface area contributed by atoms with E-state index in [-0.39, 0.29) is 0 Å². The van der Waals surface area contributed by atoms with Crippen LogP contribution in [0, 0.1) is 5.92 Å². The molecule has 1 aliphatic heterocycles. The molecule has 0 spiro atoms. The smallest absolute Gasteiger partial charge is 0.134 e. The fraction of sp³-hybridized carbons (Fsp3) is 0.353. The first-order valence-electron chi connectivity index (χ1n) is 7.57. The van der Waals surface area contributed by atoms with Crippen molar-refractivity contribution in [2.75, 3.05) is 6.54 Å². The zero-order valence-corrected chi connectivity index (χ0v) is 12.0. The van der Waals surface area contributed by atoms with Crippen LogP contribution in [0.1, 0.15) is 18.0 Å². The lowest BCUT2D eigenvalue weighted by Crippen LogP contribution is -2.29. The quantitative estimate of drug-likeness (QED) is 0.799. The summed E-state index contributed by atoms with van der Waals surface area (Å²) in [4.78, 5) is 4.37. The number of imidazole rings is 1. The highest BCUT2D eigenvalue weighted by Gasteiger charge is 2.18. The minimum Gasteiger partial charge on any atom is -0.460 e. The second-order valence-electron chi connectivity index (χ2n) is 5.78. The Morgan fingerprint density at radius 3 is 3.24 bits per heavy atom. The molecule has 1 aliphatic rings. The van der Waals surface area contributed by atoms with Crippen molar-refractivity contribution in [2.24, 2.45) is 5.92 Å². The summed E-state index contributed by atoms with van der Waals surface area (Å²) in [5, 5.41) is 4.70. The van der Waals surface area contributed by atoms with Gasteiger partial charge in [-0.25, -0.2) is 4.98 Å². The van der Waals surface area contributed by atoms with Crippen LogP contribution in [0.4, 0.5) is 0 Å². The first kappa shape index (κ1) is 12.7.